The van der Waals surface area contributed by atoms with Crippen molar-refractivity contribution in [3.05, 3.63) is 96.6 Å². The number of nitrogens with zero attached hydrogens (tertiary/aromatic N) is 4. The van der Waals surface area contributed by atoms with E-state index < -0.39 is 0 Å². The molecule has 3 N–H and O–H groups in total. The Morgan fingerprint density at radius 3 is 2.54 bits per heavy atom. The summed E-state index contributed by atoms with van der Waals surface area (Å²) in [5, 5.41) is 16.4. The van der Waals surface area contributed by atoms with E-state index in [1.54, 1.807) is 54.7 Å². The van der Waals surface area contributed by atoms with Gasteiger partial charge >= 0.3 is 0 Å². The summed E-state index contributed by atoms with van der Waals surface area (Å²) in [5.41, 5.74) is 2.40. The van der Waals surface area contributed by atoms with Crippen molar-refractivity contribution in [1.82, 2.24) is 19.9 Å². The van der Waals surface area contributed by atoms with E-state index in [0.29, 0.717) is 40.0 Å². The van der Waals surface area contributed by atoms with E-state index >= 15 is 0 Å². The minimum absolute atomic E-state index is 0.132. The van der Waals surface area contributed by atoms with Crippen LogP contribution in [0.1, 0.15) is 35.8 Å². The zero-order valence-electron chi connectivity index (χ0n) is 20.2. The number of aromatic hydroxyl groups is 1. The van der Waals surface area contributed by atoms with Crippen LogP contribution in [-0.2, 0) is 0 Å². The summed E-state index contributed by atoms with van der Waals surface area (Å²) in [6.07, 6.45) is 3.05. The Bertz CT molecular complexity index is 1560. The number of amides is 1. The van der Waals surface area contributed by atoms with E-state index in [4.69, 9.17) is 4.74 Å². The highest BCUT2D eigenvalue weighted by molar-refractivity contribution is 6.05. The molecule has 0 radical (unpaired) electrons. The number of anilines is 3. The molecule has 0 unspecified atom stereocenters. The van der Waals surface area contributed by atoms with E-state index in [1.807, 2.05) is 12.1 Å². The molecule has 0 saturated heterocycles. The number of hydrogen-bond acceptors (Lipinski definition) is 8. The number of carbonyl (C=O) groups is 1. The molecule has 3 aromatic heterocycles. The lowest BCUT2D eigenvalue weighted by Crippen LogP contribution is -2.13. The van der Waals surface area contributed by atoms with Crippen molar-refractivity contribution in [3.8, 4) is 17.2 Å². The van der Waals surface area contributed by atoms with E-state index in [2.05, 4.69) is 44.4 Å². The first kappa shape index (κ1) is 23.7. The predicted molar refractivity (Wildman–Crippen MR) is 142 cm³/mol. The van der Waals surface area contributed by atoms with E-state index in [0.717, 1.165) is 11.1 Å². The van der Waals surface area contributed by atoms with Crippen LogP contribution in [0.2, 0.25) is 0 Å². The van der Waals surface area contributed by atoms with Crippen LogP contribution in [0.25, 0.3) is 11.0 Å². The SMILES string of the molecule is CC(C)c1ccc2c(Nc3cc(C(=O)Nc4ccccn4)ccc3Oc3ccc(O)cc3)ncnc2n1. The largest absolute Gasteiger partial charge is 0.508 e. The number of ether oxygens (including phenoxy) is 1. The predicted octanol–water partition coefficient (Wildman–Crippen LogP) is 6.04. The fourth-order valence-electron chi connectivity index (χ4n) is 3.63. The van der Waals surface area contributed by atoms with E-state index in [-0.39, 0.29) is 17.6 Å². The average Bonchev–Trinajstić information content (AvgIpc) is 2.91. The maximum atomic E-state index is 13.0. The van der Waals surface area contributed by atoms with Crippen LogP contribution >= 0.6 is 0 Å². The van der Waals surface area contributed by atoms with Crippen molar-refractivity contribution in [2.24, 2.45) is 0 Å². The topological polar surface area (TPSA) is 122 Å². The lowest BCUT2D eigenvalue weighted by molar-refractivity contribution is 0.102. The molecule has 0 aliphatic heterocycles. The van der Waals surface area contributed by atoms with Crippen LogP contribution in [0.15, 0.2) is 85.3 Å². The molecule has 0 fully saturated rings. The molecule has 184 valence electrons. The van der Waals surface area contributed by atoms with Gasteiger partial charge in [-0.05, 0) is 72.6 Å². The average molecular weight is 493 g/mol. The first-order chi connectivity index (χ1) is 18.0. The van der Waals surface area contributed by atoms with Gasteiger partial charge in [0.05, 0.1) is 11.1 Å². The molecule has 0 spiro atoms. The van der Waals surface area contributed by atoms with Crippen LogP contribution in [0, 0.1) is 0 Å². The number of hydrogen-bond donors (Lipinski definition) is 3. The Morgan fingerprint density at radius 2 is 1.78 bits per heavy atom. The minimum Gasteiger partial charge on any atom is -0.508 e. The van der Waals surface area contributed by atoms with Gasteiger partial charge in [-0.3, -0.25) is 4.79 Å². The Labute approximate surface area is 213 Å². The van der Waals surface area contributed by atoms with Gasteiger partial charge in [0.1, 0.15) is 29.5 Å². The first-order valence-electron chi connectivity index (χ1n) is 11.7. The number of fused-ring (bicyclic) bond motifs is 1. The molecule has 3 heterocycles. The maximum absolute atomic E-state index is 13.0. The molecule has 1 amide bonds. The third-order valence-corrected chi connectivity index (χ3v) is 5.58. The van der Waals surface area contributed by atoms with Crippen molar-refractivity contribution in [1.29, 1.82) is 0 Å². The van der Waals surface area contributed by atoms with E-state index in [9.17, 15) is 9.90 Å². The first-order valence-corrected chi connectivity index (χ1v) is 11.7. The highest BCUT2D eigenvalue weighted by Gasteiger charge is 2.15. The second-order valence-electron chi connectivity index (χ2n) is 8.59. The lowest BCUT2D eigenvalue weighted by Gasteiger charge is -2.15. The van der Waals surface area contributed by atoms with Gasteiger partial charge in [0.15, 0.2) is 11.4 Å². The van der Waals surface area contributed by atoms with Crippen molar-refractivity contribution >= 4 is 34.3 Å². The summed E-state index contributed by atoms with van der Waals surface area (Å²) in [5.74, 6) is 2.00. The zero-order valence-corrected chi connectivity index (χ0v) is 20.2. The standard InChI is InChI=1S/C28H24N6O3/c1-17(2)22-12-11-21-26(32-22)30-16-31-27(21)33-23-15-18(28(36)34-25-5-3-4-14-29-25)6-13-24(23)37-20-9-7-19(35)8-10-20/h3-17,35H,1-2H3,(H,29,34,36)(H,30,31,32,33). The number of phenolic OH excluding ortho intramolecular Hbond substituents is 1. The number of rotatable bonds is 7. The molecule has 0 saturated carbocycles. The summed E-state index contributed by atoms with van der Waals surface area (Å²) < 4.78 is 6.08. The molecule has 0 atom stereocenters. The van der Waals surface area contributed by atoms with Gasteiger partial charge in [-0.25, -0.2) is 19.9 Å². The Morgan fingerprint density at radius 1 is 0.946 bits per heavy atom. The molecule has 2 aromatic carbocycles. The number of carbonyl (C=O) groups excluding carboxylic acids is 1. The number of nitrogens with one attached hydrogen (secondary N) is 2. The molecule has 9 nitrogen and oxygen atoms in total. The smallest absolute Gasteiger partial charge is 0.256 e. The number of pyridine rings is 2. The van der Waals surface area contributed by atoms with Crippen LogP contribution in [0.4, 0.5) is 17.3 Å². The highest BCUT2D eigenvalue weighted by Crippen LogP contribution is 2.34. The minimum atomic E-state index is -0.325. The molecule has 5 rings (SSSR count). The van der Waals surface area contributed by atoms with E-state index in [1.165, 1.54) is 18.5 Å². The Balaban J connectivity index is 1.52. The van der Waals surface area contributed by atoms with Crippen molar-refractivity contribution < 1.29 is 14.6 Å². The zero-order chi connectivity index (χ0) is 25.8. The number of aromatic nitrogens is 4. The Kier molecular flexibility index (Phi) is 6.58. The van der Waals surface area contributed by atoms with Gasteiger partial charge in [-0.2, -0.15) is 0 Å². The molecule has 0 aliphatic carbocycles. The summed E-state index contributed by atoms with van der Waals surface area (Å²) in [4.78, 5) is 30.5. The molecule has 0 aliphatic rings. The lowest BCUT2D eigenvalue weighted by atomic mass is 10.1. The fraction of sp³-hybridized carbons (Fsp3) is 0.107. The third kappa shape index (κ3) is 5.46. The number of benzene rings is 2. The van der Waals surface area contributed by atoms with Gasteiger partial charge in [-0.15, -0.1) is 0 Å². The molecule has 37 heavy (non-hydrogen) atoms. The van der Waals surface area contributed by atoms with Crippen molar-refractivity contribution in [3.63, 3.8) is 0 Å². The summed E-state index contributed by atoms with van der Waals surface area (Å²) in [6, 6.07) is 20.6. The quantitative estimate of drug-likeness (QED) is 0.251. The normalized spacial score (nSPS) is 10.9. The van der Waals surface area contributed by atoms with Crippen LogP contribution in [0.3, 0.4) is 0 Å². The highest BCUT2D eigenvalue weighted by atomic mass is 16.5. The van der Waals surface area contributed by atoms with Gasteiger partial charge in [-0.1, -0.05) is 19.9 Å². The van der Waals surface area contributed by atoms with Crippen LogP contribution in [-0.4, -0.2) is 30.9 Å². The molecule has 0 bridgehead atoms. The fourth-order valence-corrected chi connectivity index (χ4v) is 3.63. The van der Waals surface area contributed by atoms with Gasteiger partial charge < -0.3 is 20.5 Å². The second-order valence-corrected chi connectivity index (χ2v) is 8.59. The monoisotopic (exact) mass is 492 g/mol. The molecular weight excluding hydrogens is 468 g/mol. The molecule has 9 heteroatoms. The second kappa shape index (κ2) is 10.3. The van der Waals surface area contributed by atoms with Crippen molar-refractivity contribution in [2.75, 3.05) is 10.6 Å². The van der Waals surface area contributed by atoms with Crippen molar-refractivity contribution in [2.45, 2.75) is 19.8 Å². The molecular formula is C28H24N6O3. The van der Waals surface area contributed by atoms with Gasteiger partial charge in [0.2, 0.25) is 0 Å². The van der Waals surface area contributed by atoms with Gasteiger partial charge in [0, 0.05) is 17.5 Å². The molecule has 5 aromatic rings. The summed E-state index contributed by atoms with van der Waals surface area (Å²) in [7, 11) is 0. The maximum Gasteiger partial charge on any atom is 0.256 e. The summed E-state index contributed by atoms with van der Waals surface area (Å²) in [6.45, 7) is 4.14. The Hall–Kier alpha value is -5.05. The van der Waals surface area contributed by atoms with Crippen LogP contribution in [0.5, 0.6) is 17.2 Å². The number of phenols is 1. The van der Waals surface area contributed by atoms with Gasteiger partial charge in [0.25, 0.3) is 5.91 Å². The summed E-state index contributed by atoms with van der Waals surface area (Å²) >= 11 is 0. The third-order valence-electron chi connectivity index (χ3n) is 5.58. The van der Waals surface area contributed by atoms with Crippen LogP contribution < -0.4 is 15.4 Å².